The van der Waals surface area contributed by atoms with Crippen LogP contribution in [-0.2, 0) is 4.57 Å². The molecule has 0 aliphatic carbocycles. The van der Waals surface area contributed by atoms with Crippen molar-refractivity contribution in [3.8, 4) is 17.4 Å². The summed E-state index contributed by atoms with van der Waals surface area (Å²) in [6, 6.07) is 17.8. The van der Waals surface area contributed by atoms with Gasteiger partial charge in [0.2, 0.25) is 19.2 Å². The van der Waals surface area contributed by atoms with Gasteiger partial charge in [-0.05, 0) is 24.3 Å². The van der Waals surface area contributed by atoms with Crippen LogP contribution in [-0.4, -0.2) is 28.6 Å². The number of nitrogens with zero attached hydrogens (tertiary/aromatic N) is 2. The lowest BCUT2D eigenvalue weighted by Gasteiger charge is -2.14. The van der Waals surface area contributed by atoms with Crippen molar-refractivity contribution in [3.63, 3.8) is 0 Å². The third kappa shape index (κ3) is 4.45. The van der Waals surface area contributed by atoms with E-state index in [0.717, 1.165) is 10.8 Å². The van der Waals surface area contributed by atoms with Crippen molar-refractivity contribution < 1.29 is 18.9 Å². The van der Waals surface area contributed by atoms with Crippen LogP contribution in [0.1, 0.15) is 0 Å². The number of methoxy groups -OCH3 is 1. The number of rotatable bonds is 6. The highest BCUT2D eigenvalue weighted by Crippen LogP contribution is 2.39. The Balaban J connectivity index is 1.60. The summed E-state index contributed by atoms with van der Waals surface area (Å²) in [5, 5.41) is 5.08. The molecule has 0 spiro atoms. The summed E-state index contributed by atoms with van der Waals surface area (Å²) >= 11 is 0. The standard InChI is InChI=1S/C22H21N4O4P/c1-29-19-13-14(7-10-20(19)31(2,27)28)25-22-24-12-11-21(26-22)30-18-9-8-17(23)15-5-3-4-6-16(15)18/h3-13H,23H2,1-2H3,(H,27,28)(H,24,25,26). The van der Waals surface area contributed by atoms with E-state index in [1.807, 2.05) is 24.3 Å². The summed E-state index contributed by atoms with van der Waals surface area (Å²) in [6.07, 6.45) is 1.57. The van der Waals surface area contributed by atoms with Crippen molar-refractivity contribution in [2.45, 2.75) is 0 Å². The van der Waals surface area contributed by atoms with Gasteiger partial charge in [-0.2, -0.15) is 4.98 Å². The largest absolute Gasteiger partial charge is 0.496 e. The Morgan fingerprint density at radius 3 is 2.55 bits per heavy atom. The van der Waals surface area contributed by atoms with Crippen molar-refractivity contribution in [1.82, 2.24) is 9.97 Å². The number of hydrogen-bond acceptors (Lipinski definition) is 7. The van der Waals surface area contributed by atoms with E-state index in [0.29, 0.717) is 34.7 Å². The molecule has 4 N–H and O–H groups in total. The number of nitrogens with one attached hydrogen (secondary N) is 1. The van der Waals surface area contributed by atoms with Crippen LogP contribution in [0.25, 0.3) is 10.8 Å². The summed E-state index contributed by atoms with van der Waals surface area (Å²) in [7, 11) is -2.01. The molecule has 0 saturated carbocycles. The molecule has 0 aliphatic heterocycles. The minimum atomic E-state index is -3.46. The average molecular weight is 436 g/mol. The topological polar surface area (TPSA) is 120 Å². The third-order valence-electron chi connectivity index (χ3n) is 4.65. The number of ether oxygens (including phenoxy) is 2. The molecule has 0 bridgehead atoms. The number of benzene rings is 3. The molecule has 0 saturated heterocycles. The second-order valence-electron chi connectivity index (χ2n) is 6.91. The quantitative estimate of drug-likeness (QED) is 0.303. The van der Waals surface area contributed by atoms with E-state index in [1.165, 1.54) is 13.8 Å². The van der Waals surface area contributed by atoms with E-state index in [4.69, 9.17) is 15.2 Å². The Labute approximate surface area is 179 Å². The van der Waals surface area contributed by atoms with Gasteiger partial charge in [-0.1, -0.05) is 24.3 Å². The van der Waals surface area contributed by atoms with Gasteiger partial charge in [-0.25, -0.2) is 4.98 Å². The molecular weight excluding hydrogens is 415 g/mol. The van der Waals surface area contributed by atoms with Gasteiger partial charge < -0.3 is 25.4 Å². The maximum absolute atomic E-state index is 12.0. The maximum Gasteiger partial charge on any atom is 0.230 e. The molecule has 0 radical (unpaired) electrons. The van der Waals surface area contributed by atoms with Gasteiger partial charge >= 0.3 is 0 Å². The number of anilines is 3. The predicted octanol–water partition coefficient (Wildman–Crippen LogP) is 4.28. The zero-order valence-electron chi connectivity index (χ0n) is 16.9. The summed E-state index contributed by atoms with van der Waals surface area (Å²) < 4.78 is 23.3. The monoisotopic (exact) mass is 436 g/mol. The van der Waals surface area contributed by atoms with Crippen LogP contribution < -0.4 is 25.8 Å². The van der Waals surface area contributed by atoms with Crippen LogP contribution in [0, 0.1) is 0 Å². The highest BCUT2D eigenvalue weighted by atomic mass is 31.2. The first kappa shape index (κ1) is 20.7. The van der Waals surface area contributed by atoms with E-state index in [9.17, 15) is 9.46 Å². The SMILES string of the molecule is COc1cc(Nc2nccc(Oc3ccc(N)c4ccccc34)n2)ccc1P(C)(=O)O. The molecule has 4 aromatic rings. The van der Waals surface area contributed by atoms with Gasteiger partial charge in [0.05, 0.1) is 12.4 Å². The van der Waals surface area contributed by atoms with Gasteiger partial charge in [-0.15, -0.1) is 0 Å². The lowest BCUT2D eigenvalue weighted by Crippen LogP contribution is -2.08. The lowest BCUT2D eigenvalue weighted by atomic mass is 10.1. The van der Waals surface area contributed by atoms with Crippen LogP contribution in [0.15, 0.2) is 66.9 Å². The number of nitrogen functional groups attached to an aromatic ring is 1. The fourth-order valence-electron chi connectivity index (χ4n) is 3.18. The predicted molar refractivity (Wildman–Crippen MR) is 122 cm³/mol. The summed E-state index contributed by atoms with van der Waals surface area (Å²) in [4.78, 5) is 18.5. The zero-order chi connectivity index (χ0) is 22.0. The second-order valence-corrected chi connectivity index (χ2v) is 9.15. The molecule has 8 nitrogen and oxygen atoms in total. The van der Waals surface area contributed by atoms with E-state index in [-0.39, 0.29) is 5.30 Å². The van der Waals surface area contributed by atoms with E-state index >= 15 is 0 Å². The molecule has 1 aromatic heterocycles. The van der Waals surface area contributed by atoms with Crippen molar-refractivity contribution >= 4 is 40.8 Å². The molecule has 3 aromatic carbocycles. The fraction of sp³-hybridized carbons (Fsp3) is 0.0909. The van der Waals surface area contributed by atoms with Crippen molar-refractivity contribution in [3.05, 3.63) is 66.9 Å². The van der Waals surface area contributed by atoms with Gasteiger partial charge in [0, 0.05) is 47.1 Å². The molecule has 4 rings (SSSR count). The third-order valence-corrected chi connectivity index (χ3v) is 5.91. The Kier molecular flexibility index (Phi) is 5.50. The first-order valence-corrected chi connectivity index (χ1v) is 11.5. The number of aromatic nitrogens is 2. The van der Waals surface area contributed by atoms with Gasteiger partial charge in [-0.3, -0.25) is 4.57 Å². The Morgan fingerprint density at radius 1 is 1.03 bits per heavy atom. The van der Waals surface area contributed by atoms with E-state index in [2.05, 4.69) is 15.3 Å². The van der Waals surface area contributed by atoms with E-state index in [1.54, 1.807) is 42.6 Å². The Hall–Kier alpha value is -3.61. The molecule has 1 atom stereocenters. The van der Waals surface area contributed by atoms with Gasteiger partial charge in [0.1, 0.15) is 11.5 Å². The minimum absolute atomic E-state index is 0.244. The van der Waals surface area contributed by atoms with Crippen LogP contribution in [0.3, 0.4) is 0 Å². The van der Waals surface area contributed by atoms with Crippen LogP contribution in [0.5, 0.6) is 17.4 Å². The molecule has 0 fully saturated rings. The molecule has 1 heterocycles. The fourth-order valence-corrected chi connectivity index (χ4v) is 4.10. The van der Waals surface area contributed by atoms with Crippen LogP contribution in [0.2, 0.25) is 0 Å². The van der Waals surface area contributed by atoms with Crippen molar-refractivity contribution in [2.75, 3.05) is 24.8 Å². The Bertz CT molecular complexity index is 1310. The minimum Gasteiger partial charge on any atom is -0.496 e. The smallest absolute Gasteiger partial charge is 0.230 e. The zero-order valence-corrected chi connectivity index (χ0v) is 17.8. The van der Waals surface area contributed by atoms with Crippen molar-refractivity contribution in [1.29, 1.82) is 0 Å². The maximum atomic E-state index is 12.0. The number of fused-ring (bicyclic) bond motifs is 1. The first-order chi connectivity index (χ1) is 14.8. The Morgan fingerprint density at radius 2 is 1.81 bits per heavy atom. The molecule has 0 aliphatic rings. The molecule has 0 amide bonds. The van der Waals surface area contributed by atoms with E-state index < -0.39 is 7.37 Å². The highest BCUT2D eigenvalue weighted by Gasteiger charge is 2.19. The summed E-state index contributed by atoms with van der Waals surface area (Å²) in [6.45, 7) is 1.27. The van der Waals surface area contributed by atoms with Crippen LogP contribution in [0.4, 0.5) is 17.3 Å². The second kappa shape index (κ2) is 8.26. The van der Waals surface area contributed by atoms with Gasteiger partial charge in [0.15, 0.2) is 0 Å². The summed E-state index contributed by atoms with van der Waals surface area (Å²) in [5.74, 6) is 1.58. The molecule has 31 heavy (non-hydrogen) atoms. The summed E-state index contributed by atoms with van der Waals surface area (Å²) in [5.41, 5.74) is 7.33. The van der Waals surface area contributed by atoms with Crippen molar-refractivity contribution in [2.24, 2.45) is 0 Å². The molecular formula is C22H21N4O4P. The number of hydrogen-bond donors (Lipinski definition) is 3. The van der Waals surface area contributed by atoms with Crippen LogP contribution >= 0.6 is 7.37 Å². The lowest BCUT2D eigenvalue weighted by molar-refractivity contribution is 0.416. The normalized spacial score (nSPS) is 12.9. The molecule has 1 unspecified atom stereocenters. The highest BCUT2D eigenvalue weighted by molar-refractivity contribution is 7.65. The molecule has 158 valence electrons. The average Bonchev–Trinajstić information content (AvgIpc) is 2.75. The van der Waals surface area contributed by atoms with Gasteiger partial charge in [0.25, 0.3) is 0 Å². The first-order valence-electron chi connectivity index (χ1n) is 9.39. The molecule has 9 heteroatoms. The number of nitrogens with two attached hydrogens (primary N) is 1.